The molecular weight excluding hydrogens is 400 g/mol. The van der Waals surface area contributed by atoms with Crippen molar-refractivity contribution in [3.05, 3.63) is 23.8 Å². The molecule has 2 aliphatic rings. The minimum Gasteiger partial charge on any atom is -0.241 e. The molecule has 2 saturated carbocycles. The second kappa shape index (κ2) is 15.9. The maximum absolute atomic E-state index is 4.71. The molecule has 0 aromatic carbocycles. The number of unbranched alkanes of at least 4 members (excludes halogenated alkanes) is 7. The van der Waals surface area contributed by atoms with Crippen LogP contribution in [-0.4, -0.2) is 9.97 Å². The van der Waals surface area contributed by atoms with Crippen LogP contribution in [0.4, 0.5) is 0 Å². The molecule has 0 amide bonds. The monoisotopic (exact) mass is 454 g/mol. The van der Waals surface area contributed by atoms with E-state index in [0.29, 0.717) is 0 Å². The zero-order valence-corrected chi connectivity index (χ0v) is 22.2. The van der Waals surface area contributed by atoms with Gasteiger partial charge in [-0.2, -0.15) is 0 Å². The first-order valence-corrected chi connectivity index (χ1v) is 15.1. The summed E-state index contributed by atoms with van der Waals surface area (Å²) in [5.41, 5.74) is 1.33. The van der Waals surface area contributed by atoms with Crippen LogP contribution in [0.25, 0.3) is 0 Å². The maximum Gasteiger partial charge on any atom is 0.128 e. The van der Waals surface area contributed by atoms with E-state index in [1.807, 2.05) is 0 Å². The zero-order valence-electron chi connectivity index (χ0n) is 22.2. The lowest BCUT2D eigenvalue weighted by Gasteiger charge is -2.38. The van der Waals surface area contributed by atoms with Gasteiger partial charge in [0.1, 0.15) is 5.82 Å². The fraction of sp³-hybridized carbons (Fsp3) is 0.871. The summed E-state index contributed by atoms with van der Waals surface area (Å²) in [4.78, 5) is 9.42. The van der Waals surface area contributed by atoms with Crippen LogP contribution in [0.1, 0.15) is 147 Å². The van der Waals surface area contributed by atoms with Crippen LogP contribution in [0.15, 0.2) is 12.4 Å². The average molecular weight is 455 g/mol. The molecule has 33 heavy (non-hydrogen) atoms. The van der Waals surface area contributed by atoms with Crippen LogP contribution in [0.3, 0.4) is 0 Å². The van der Waals surface area contributed by atoms with E-state index in [4.69, 9.17) is 9.97 Å². The lowest BCUT2D eigenvalue weighted by atomic mass is 9.68. The van der Waals surface area contributed by atoms with Crippen molar-refractivity contribution in [2.24, 2.45) is 23.7 Å². The van der Waals surface area contributed by atoms with Crippen molar-refractivity contribution < 1.29 is 0 Å². The number of hydrogen-bond acceptors (Lipinski definition) is 2. The molecule has 0 unspecified atom stereocenters. The predicted octanol–water partition coefficient (Wildman–Crippen LogP) is 9.51. The Kier molecular flexibility index (Phi) is 12.8. The van der Waals surface area contributed by atoms with Gasteiger partial charge in [0.2, 0.25) is 0 Å². The van der Waals surface area contributed by atoms with Gasteiger partial charge in [0.25, 0.3) is 0 Å². The normalized spacial score (nSPS) is 25.9. The quantitative estimate of drug-likeness (QED) is 0.246. The highest BCUT2D eigenvalue weighted by atomic mass is 14.9. The van der Waals surface area contributed by atoms with Gasteiger partial charge in [-0.05, 0) is 74.2 Å². The number of aryl methyl sites for hydroxylation is 2. The third-order valence-corrected chi connectivity index (χ3v) is 9.02. The summed E-state index contributed by atoms with van der Waals surface area (Å²) in [6.07, 6.45) is 33.7. The molecule has 2 fully saturated rings. The average Bonchev–Trinajstić information content (AvgIpc) is 2.87. The molecule has 2 nitrogen and oxygen atoms in total. The van der Waals surface area contributed by atoms with E-state index in [2.05, 4.69) is 26.2 Å². The van der Waals surface area contributed by atoms with E-state index in [9.17, 15) is 0 Å². The third-order valence-electron chi connectivity index (χ3n) is 9.02. The topological polar surface area (TPSA) is 25.8 Å². The summed E-state index contributed by atoms with van der Waals surface area (Å²) < 4.78 is 0. The van der Waals surface area contributed by atoms with Crippen molar-refractivity contribution in [2.75, 3.05) is 0 Å². The van der Waals surface area contributed by atoms with Gasteiger partial charge in [0.15, 0.2) is 0 Å². The Morgan fingerprint density at radius 3 is 1.67 bits per heavy atom. The second-order valence-corrected chi connectivity index (χ2v) is 11.6. The Morgan fingerprint density at radius 2 is 1.09 bits per heavy atom. The van der Waals surface area contributed by atoms with Crippen LogP contribution in [0.5, 0.6) is 0 Å². The Labute approximate surface area is 206 Å². The van der Waals surface area contributed by atoms with Crippen molar-refractivity contribution in [3.8, 4) is 0 Å². The van der Waals surface area contributed by atoms with Crippen molar-refractivity contribution in [1.29, 1.82) is 0 Å². The largest absolute Gasteiger partial charge is 0.241 e. The van der Waals surface area contributed by atoms with E-state index in [0.717, 1.165) is 42.3 Å². The Bertz CT molecular complexity index is 594. The number of nitrogens with zero attached hydrogens (tertiary/aromatic N) is 2. The summed E-state index contributed by atoms with van der Waals surface area (Å²) in [6, 6.07) is 0. The molecular formula is C31H54N2. The van der Waals surface area contributed by atoms with Crippen LogP contribution >= 0.6 is 0 Å². The Balaban J connectivity index is 1.25. The second-order valence-electron chi connectivity index (χ2n) is 11.6. The third kappa shape index (κ3) is 10.1. The molecule has 0 radical (unpaired) electrons. The van der Waals surface area contributed by atoms with Crippen molar-refractivity contribution >= 4 is 0 Å². The molecule has 0 N–H and O–H groups in total. The molecule has 0 saturated heterocycles. The smallest absolute Gasteiger partial charge is 0.128 e. The fourth-order valence-electron chi connectivity index (χ4n) is 6.65. The summed E-state index contributed by atoms with van der Waals surface area (Å²) in [6.45, 7) is 4.62. The molecule has 3 rings (SSSR count). The van der Waals surface area contributed by atoms with E-state index in [-0.39, 0.29) is 0 Å². The van der Waals surface area contributed by atoms with Gasteiger partial charge in [0.05, 0.1) is 0 Å². The van der Waals surface area contributed by atoms with Crippen LogP contribution in [-0.2, 0) is 12.8 Å². The molecule has 2 heteroatoms. The number of aromatic nitrogens is 2. The molecule has 1 aromatic heterocycles. The highest BCUT2D eigenvalue weighted by Crippen LogP contribution is 2.43. The van der Waals surface area contributed by atoms with Gasteiger partial charge in [0, 0.05) is 18.8 Å². The summed E-state index contributed by atoms with van der Waals surface area (Å²) in [5.74, 6) is 5.13. The lowest BCUT2D eigenvalue weighted by Crippen LogP contribution is -2.26. The molecule has 1 heterocycles. The van der Waals surface area contributed by atoms with Gasteiger partial charge in [-0.15, -0.1) is 0 Å². The van der Waals surface area contributed by atoms with Crippen molar-refractivity contribution in [2.45, 2.75) is 149 Å². The van der Waals surface area contributed by atoms with Gasteiger partial charge >= 0.3 is 0 Å². The highest BCUT2D eigenvalue weighted by molar-refractivity contribution is 5.05. The van der Waals surface area contributed by atoms with E-state index in [1.54, 1.807) is 0 Å². The molecule has 1 aromatic rings. The number of rotatable bonds is 15. The molecule has 0 aliphatic heterocycles. The molecule has 0 spiro atoms. The van der Waals surface area contributed by atoms with Crippen LogP contribution in [0.2, 0.25) is 0 Å². The van der Waals surface area contributed by atoms with Gasteiger partial charge in [-0.25, -0.2) is 9.97 Å². The molecule has 2 aliphatic carbocycles. The van der Waals surface area contributed by atoms with Crippen LogP contribution < -0.4 is 0 Å². The van der Waals surface area contributed by atoms with Crippen molar-refractivity contribution in [3.63, 3.8) is 0 Å². The minimum atomic E-state index is 0.915. The minimum absolute atomic E-state index is 0.915. The first-order chi connectivity index (χ1) is 16.3. The van der Waals surface area contributed by atoms with Gasteiger partial charge in [-0.1, -0.05) is 97.3 Å². The molecule has 188 valence electrons. The van der Waals surface area contributed by atoms with E-state index >= 15 is 0 Å². The van der Waals surface area contributed by atoms with E-state index in [1.165, 1.54) is 128 Å². The summed E-state index contributed by atoms with van der Waals surface area (Å²) >= 11 is 0. The first kappa shape index (κ1) is 26.7. The van der Waals surface area contributed by atoms with Crippen LogP contribution in [0, 0.1) is 23.7 Å². The SMILES string of the molecule is CCCCCCCCCc1cnc(CCC2CCC(C3CCC(CCCC)CC3)CC2)nc1. The van der Waals surface area contributed by atoms with Crippen molar-refractivity contribution in [1.82, 2.24) is 9.97 Å². The zero-order chi connectivity index (χ0) is 23.1. The predicted molar refractivity (Wildman–Crippen MR) is 142 cm³/mol. The highest BCUT2D eigenvalue weighted by Gasteiger charge is 2.30. The van der Waals surface area contributed by atoms with E-state index < -0.39 is 0 Å². The van der Waals surface area contributed by atoms with Gasteiger partial charge in [-0.3, -0.25) is 0 Å². The standard InChI is InChI=1S/C31H54N2/c1-3-5-7-8-9-10-11-13-28-24-32-31(33-25-28)23-18-27-16-21-30(22-17-27)29-19-14-26(15-20-29)12-6-4-2/h24-27,29-30H,3-23H2,1-2H3. The summed E-state index contributed by atoms with van der Waals surface area (Å²) in [7, 11) is 0. The Hall–Kier alpha value is -0.920. The summed E-state index contributed by atoms with van der Waals surface area (Å²) in [5, 5.41) is 0. The molecule has 0 atom stereocenters. The molecule has 0 bridgehead atoms. The fourth-order valence-corrected chi connectivity index (χ4v) is 6.65. The Morgan fingerprint density at radius 1 is 0.576 bits per heavy atom. The number of hydrogen-bond donors (Lipinski definition) is 0. The lowest BCUT2D eigenvalue weighted by molar-refractivity contribution is 0.140. The maximum atomic E-state index is 4.71. The van der Waals surface area contributed by atoms with Gasteiger partial charge < -0.3 is 0 Å². The first-order valence-electron chi connectivity index (χ1n) is 15.1.